The lowest BCUT2D eigenvalue weighted by Crippen LogP contribution is -2.58. The van der Waals surface area contributed by atoms with E-state index in [9.17, 15) is 24.3 Å². The van der Waals surface area contributed by atoms with Crippen LogP contribution in [0.2, 0.25) is 0 Å². The summed E-state index contributed by atoms with van der Waals surface area (Å²) < 4.78 is 0. The lowest BCUT2D eigenvalue weighted by Gasteiger charge is -2.23. The summed E-state index contributed by atoms with van der Waals surface area (Å²) in [5.41, 5.74) is 5.33. The monoisotopic (exact) mass is 337 g/mol. The van der Waals surface area contributed by atoms with Gasteiger partial charge in [0.25, 0.3) is 0 Å². The predicted octanol–water partition coefficient (Wildman–Crippen LogP) is -2.85. The molecule has 0 spiro atoms. The van der Waals surface area contributed by atoms with Gasteiger partial charge in [0.05, 0.1) is 18.6 Å². The summed E-state index contributed by atoms with van der Waals surface area (Å²) in [6.45, 7) is 1.20. The van der Waals surface area contributed by atoms with Gasteiger partial charge >= 0.3 is 11.9 Å². The maximum Gasteiger partial charge on any atom is 0.327 e. The summed E-state index contributed by atoms with van der Waals surface area (Å²) in [5, 5.41) is 31.0. The minimum absolute atomic E-state index is 0.194. The van der Waals surface area contributed by atoms with Crippen LogP contribution in [0.4, 0.5) is 0 Å². The van der Waals surface area contributed by atoms with Crippen LogP contribution in [0.15, 0.2) is 0 Å². The molecule has 22 heavy (non-hydrogen) atoms. The van der Waals surface area contributed by atoms with Crippen molar-refractivity contribution in [3.63, 3.8) is 0 Å². The smallest absolute Gasteiger partial charge is 0.327 e. The van der Waals surface area contributed by atoms with E-state index in [1.54, 1.807) is 0 Å². The molecule has 0 rings (SSSR count). The molecule has 0 heterocycles. The number of hydrogen-bond acceptors (Lipinski definition) is 7. The summed E-state index contributed by atoms with van der Waals surface area (Å²) in [5.74, 6) is -4.74. The van der Waals surface area contributed by atoms with E-state index >= 15 is 0 Å². The molecular weight excluding hydrogens is 318 g/mol. The van der Waals surface area contributed by atoms with Gasteiger partial charge in [-0.05, 0) is 6.92 Å². The van der Waals surface area contributed by atoms with E-state index in [2.05, 4.69) is 23.3 Å². The Kier molecular flexibility index (Phi) is 8.45. The van der Waals surface area contributed by atoms with Gasteiger partial charge in [0.2, 0.25) is 11.8 Å². The third kappa shape index (κ3) is 6.74. The minimum Gasteiger partial charge on any atom is -0.481 e. The Morgan fingerprint density at radius 3 is 2.05 bits per heavy atom. The van der Waals surface area contributed by atoms with Crippen LogP contribution in [-0.4, -0.2) is 69.1 Å². The highest BCUT2D eigenvalue weighted by molar-refractivity contribution is 7.80. The number of carbonyl (C=O) groups excluding carboxylic acids is 2. The SMILES string of the molecule is C[C@@H](O)[C@H](NC(=O)[C@@H](N)CC(=O)O)C(=O)N[C@@H](CS)C(=O)O. The lowest BCUT2D eigenvalue weighted by molar-refractivity contribution is -0.142. The van der Waals surface area contributed by atoms with E-state index in [0.29, 0.717) is 0 Å². The van der Waals surface area contributed by atoms with Gasteiger partial charge in [-0.2, -0.15) is 12.6 Å². The van der Waals surface area contributed by atoms with Crippen LogP contribution in [0.1, 0.15) is 13.3 Å². The molecule has 126 valence electrons. The number of carboxylic acid groups (broad SMARTS) is 2. The number of aliphatic hydroxyl groups is 1. The minimum atomic E-state index is -1.48. The van der Waals surface area contributed by atoms with Gasteiger partial charge in [-0.1, -0.05) is 0 Å². The molecule has 0 radical (unpaired) electrons. The number of hydrogen-bond donors (Lipinski definition) is 7. The van der Waals surface area contributed by atoms with Crippen molar-refractivity contribution in [3.8, 4) is 0 Å². The number of carboxylic acids is 2. The van der Waals surface area contributed by atoms with Crippen molar-refractivity contribution in [3.05, 3.63) is 0 Å². The molecule has 0 aromatic carbocycles. The average Bonchev–Trinajstić information content (AvgIpc) is 2.39. The topological polar surface area (TPSA) is 179 Å². The van der Waals surface area contributed by atoms with E-state index in [1.165, 1.54) is 6.92 Å². The number of amides is 2. The van der Waals surface area contributed by atoms with Gasteiger partial charge in [-0.25, -0.2) is 4.79 Å². The predicted molar refractivity (Wildman–Crippen MR) is 77.3 cm³/mol. The fourth-order valence-electron chi connectivity index (χ4n) is 1.39. The van der Waals surface area contributed by atoms with E-state index in [0.717, 1.165) is 0 Å². The Morgan fingerprint density at radius 2 is 1.68 bits per heavy atom. The zero-order chi connectivity index (χ0) is 17.4. The lowest BCUT2D eigenvalue weighted by atomic mass is 10.1. The highest BCUT2D eigenvalue weighted by Gasteiger charge is 2.30. The molecule has 0 aliphatic carbocycles. The third-order valence-electron chi connectivity index (χ3n) is 2.59. The van der Waals surface area contributed by atoms with Gasteiger partial charge in [0, 0.05) is 5.75 Å². The highest BCUT2D eigenvalue weighted by atomic mass is 32.1. The molecule has 0 saturated carbocycles. The molecule has 0 aliphatic heterocycles. The first-order chi connectivity index (χ1) is 10.1. The number of aliphatic carboxylic acids is 2. The Bertz CT molecular complexity index is 443. The van der Waals surface area contributed by atoms with Crippen LogP contribution < -0.4 is 16.4 Å². The number of thiol groups is 1. The summed E-state index contributed by atoms with van der Waals surface area (Å²) in [6, 6.07) is -4.19. The second-order valence-corrected chi connectivity index (χ2v) is 4.88. The Balaban J connectivity index is 4.85. The quantitative estimate of drug-likeness (QED) is 0.220. The van der Waals surface area contributed by atoms with Gasteiger partial charge < -0.3 is 31.7 Å². The van der Waals surface area contributed by atoms with Gasteiger partial charge in [-0.15, -0.1) is 0 Å². The standard InChI is InChI=1S/C11H19N3O7S/c1-4(15)8(10(19)13-6(3-22)11(20)21)14-9(18)5(12)2-7(16)17/h4-6,8,15,22H,2-3,12H2,1H3,(H,13,19)(H,14,18)(H,16,17)(H,20,21)/t4-,5+,6+,8+/m1/s1. The molecule has 0 bridgehead atoms. The fourth-order valence-corrected chi connectivity index (χ4v) is 1.64. The molecule has 11 heteroatoms. The average molecular weight is 337 g/mol. The number of carbonyl (C=O) groups is 4. The van der Waals surface area contributed by atoms with E-state index < -0.39 is 54.4 Å². The van der Waals surface area contributed by atoms with Crippen LogP contribution in [0.5, 0.6) is 0 Å². The normalized spacial score (nSPS) is 16.0. The van der Waals surface area contributed by atoms with Crippen LogP contribution in [0.3, 0.4) is 0 Å². The molecule has 0 unspecified atom stereocenters. The summed E-state index contributed by atoms with van der Waals surface area (Å²) in [4.78, 5) is 44.8. The van der Waals surface area contributed by atoms with E-state index in [-0.39, 0.29) is 5.75 Å². The fraction of sp³-hybridized carbons (Fsp3) is 0.636. The molecule has 0 aromatic rings. The zero-order valence-corrected chi connectivity index (χ0v) is 12.6. The van der Waals surface area contributed by atoms with Crippen LogP contribution in [-0.2, 0) is 19.2 Å². The van der Waals surface area contributed by atoms with Crippen molar-refractivity contribution in [1.29, 1.82) is 0 Å². The summed E-state index contributed by atoms with van der Waals surface area (Å²) in [7, 11) is 0. The van der Waals surface area contributed by atoms with Crippen LogP contribution in [0, 0.1) is 0 Å². The number of nitrogens with two attached hydrogens (primary N) is 1. The second-order valence-electron chi connectivity index (χ2n) is 4.51. The maximum absolute atomic E-state index is 11.9. The van der Waals surface area contributed by atoms with Crippen molar-refractivity contribution >= 4 is 36.4 Å². The van der Waals surface area contributed by atoms with Gasteiger partial charge in [-0.3, -0.25) is 14.4 Å². The van der Waals surface area contributed by atoms with Crippen molar-refractivity contribution in [1.82, 2.24) is 10.6 Å². The Morgan fingerprint density at radius 1 is 1.14 bits per heavy atom. The molecule has 7 N–H and O–H groups in total. The van der Waals surface area contributed by atoms with E-state index in [1.807, 2.05) is 0 Å². The first kappa shape index (κ1) is 20.1. The van der Waals surface area contributed by atoms with Crippen LogP contribution >= 0.6 is 12.6 Å². The van der Waals surface area contributed by atoms with Gasteiger partial charge in [0.15, 0.2) is 0 Å². The molecule has 0 aromatic heterocycles. The van der Waals surface area contributed by atoms with Crippen LogP contribution in [0.25, 0.3) is 0 Å². The third-order valence-corrected chi connectivity index (χ3v) is 2.96. The first-order valence-electron chi connectivity index (χ1n) is 6.20. The number of rotatable bonds is 9. The summed E-state index contributed by atoms with van der Waals surface area (Å²) >= 11 is 3.76. The summed E-state index contributed by atoms with van der Waals surface area (Å²) in [6.07, 6.45) is -2.01. The molecule has 4 atom stereocenters. The highest BCUT2D eigenvalue weighted by Crippen LogP contribution is 1.99. The van der Waals surface area contributed by atoms with Crippen molar-refractivity contribution in [2.75, 3.05) is 5.75 Å². The zero-order valence-electron chi connectivity index (χ0n) is 11.7. The number of nitrogens with one attached hydrogen (secondary N) is 2. The molecule has 10 nitrogen and oxygen atoms in total. The second kappa shape index (κ2) is 9.23. The maximum atomic E-state index is 11.9. The van der Waals surface area contributed by atoms with Crippen molar-refractivity contribution < 1.29 is 34.5 Å². The molecular formula is C11H19N3O7S. The number of aliphatic hydroxyl groups excluding tert-OH is 1. The van der Waals surface area contributed by atoms with Crippen molar-refractivity contribution in [2.45, 2.75) is 37.6 Å². The van der Waals surface area contributed by atoms with Crippen molar-refractivity contribution in [2.24, 2.45) is 5.73 Å². The molecule has 0 aliphatic rings. The first-order valence-corrected chi connectivity index (χ1v) is 6.83. The molecule has 0 saturated heterocycles. The largest absolute Gasteiger partial charge is 0.481 e. The molecule has 2 amide bonds. The molecule has 0 fully saturated rings. The van der Waals surface area contributed by atoms with E-state index in [4.69, 9.17) is 15.9 Å². The Hall–Kier alpha value is -1.85. The van der Waals surface area contributed by atoms with Gasteiger partial charge in [0.1, 0.15) is 12.1 Å². The Labute approximate surface area is 131 Å².